The zero-order valence-corrected chi connectivity index (χ0v) is 10.7. The normalized spacial score (nSPS) is 10.5. The van der Waals surface area contributed by atoms with Crippen molar-refractivity contribution in [1.82, 2.24) is 4.98 Å². The molecule has 18 heavy (non-hydrogen) atoms. The minimum atomic E-state index is -0.983. The second-order valence-electron chi connectivity index (χ2n) is 3.78. The Morgan fingerprint density at radius 2 is 2.11 bits per heavy atom. The van der Waals surface area contributed by atoms with Gasteiger partial charge in [0.15, 0.2) is 0 Å². The largest absolute Gasteiger partial charge is 0.476 e. The Morgan fingerprint density at radius 3 is 2.67 bits per heavy atom. The highest BCUT2D eigenvalue weighted by Crippen LogP contribution is 2.22. The predicted octanol–water partition coefficient (Wildman–Crippen LogP) is 2.70. The number of aromatic carboxylic acids is 1. The van der Waals surface area contributed by atoms with Crippen molar-refractivity contribution >= 4 is 17.3 Å². The van der Waals surface area contributed by atoms with Crippen LogP contribution in [0.5, 0.6) is 0 Å². The minimum absolute atomic E-state index is 0.119. The van der Waals surface area contributed by atoms with Crippen molar-refractivity contribution in [3.8, 4) is 11.3 Å². The van der Waals surface area contributed by atoms with E-state index in [1.54, 1.807) is 12.5 Å². The van der Waals surface area contributed by atoms with E-state index in [4.69, 9.17) is 9.84 Å². The van der Waals surface area contributed by atoms with Crippen LogP contribution in [0.15, 0.2) is 29.6 Å². The first kappa shape index (κ1) is 12.7. The predicted molar refractivity (Wildman–Crippen MR) is 70.1 cm³/mol. The molecular formula is C13H13NO3S. The van der Waals surface area contributed by atoms with Gasteiger partial charge >= 0.3 is 5.97 Å². The molecule has 0 radical (unpaired) electrons. The van der Waals surface area contributed by atoms with Crippen LogP contribution in [-0.2, 0) is 11.2 Å². The van der Waals surface area contributed by atoms with Crippen LogP contribution in [0.2, 0.25) is 0 Å². The lowest BCUT2D eigenvalue weighted by Gasteiger charge is -2.01. The molecular weight excluding hydrogens is 250 g/mol. The molecule has 1 N–H and O–H groups in total. The Bertz CT molecular complexity index is 533. The third kappa shape index (κ3) is 2.94. The van der Waals surface area contributed by atoms with Gasteiger partial charge in [0.1, 0.15) is 0 Å². The molecule has 0 unspecified atom stereocenters. The number of rotatable bonds is 5. The van der Waals surface area contributed by atoms with Crippen molar-refractivity contribution < 1.29 is 14.6 Å². The molecule has 0 aliphatic heterocycles. The summed E-state index contributed by atoms with van der Waals surface area (Å²) >= 11 is 1.14. The summed E-state index contributed by atoms with van der Waals surface area (Å²) in [6, 6.07) is 7.92. The number of aromatic nitrogens is 1. The Morgan fingerprint density at radius 1 is 1.39 bits per heavy atom. The number of hydrogen-bond acceptors (Lipinski definition) is 4. The first-order valence-corrected chi connectivity index (χ1v) is 6.35. The van der Waals surface area contributed by atoms with Gasteiger partial charge in [-0.05, 0) is 12.0 Å². The van der Waals surface area contributed by atoms with Crippen molar-refractivity contribution in [3.63, 3.8) is 0 Å². The van der Waals surface area contributed by atoms with Crippen LogP contribution in [0.25, 0.3) is 11.3 Å². The van der Waals surface area contributed by atoms with Gasteiger partial charge < -0.3 is 9.84 Å². The first-order chi connectivity index (χ1) is 8.70. The summed E-state index contributed by atoms with van der Waals surface area (Å²) in [7, 11) is 1.68. The zero-order chi connectivity index (χ0) is 13.0. The summed E-state index contributed by atoms with van der Waals surface area (Å²) < 4.78 is 5.01. The average molecular weight is 263 g/mol. The van der Waals surface area contributed by atoms with Crippen molar-refractivity contribution in [2.24, 2.45) is 0 Å². The summed E-state index contributed by atoms with van der Waals surface area (Å²) in [5.74, 6) is -0.983. The monoisotopic (exact) mass is 263 g/mol. The topological polar surface area (TPSA) is 59.4 Å². The lowest BCUT2D eigenvalue weighted by Crippen LogP contribution is -1.95. The van der Waals surface area contributed by atoms with Crippen molar-refractivity contribution in [3.05, 3.63) is 40.2 Å². The standard InChI is InChI=1S/C13H13NO3S/c1-17-7-6-9-2-4-10(5-3-9)11-8-18-12(14-11)13(15)16/h2-5,8H,6-7H2,1H3,(H,15,16). The van der Waals surface area contributed by atoms with Crippen LogP contribution in [-0.4, -0.2) is 29.8 Å². The van der Waals surface area contributed by atoms with E-state index in [0.29, 0.717) is 12.3 Å². The number of methoxy groups -OCH3 is 1. The van der Waals surface area contributed by atoms with Gasteiger partial charge in [0.05, 0.1) is 12.3 Å². The highest BCUT2D eigenvalue weighted by Gasteiger charge is 2.09. The summed E-state index contributed by atoms with van der Waals surface area (Å²) in [5.41, 5.74) is 2.82. The smallest absolute Gasteiger partial charge is 0.365 e. The molecule has 2 aromatic rings. The van der Waals surface area contributed by atoms with Gasteiger partial charge in [0.2, 0.25) is 5.01 Å². The summed E-state index contributed by atoms with van der Waals surface area (Å²) in [5, 5.41) is 10.7. The molecule has 5 heteroatoms. The summed E-state index contributed by atoms with van der Waals surface area (Å²) in [6.45, 7) is 0.694. The molecule has 0 saturated heterocycles. The van der Waals surface area contributed by atoms with Crippen LogP contribution in [0.1, 0.15) is 15.4 Å². The fourth-order valence-corrected chi connectivity index (χ4v) is 2.23. The fourth-order valence-electron chi connectivity index (χ4n) is 1.57. The summed E-state index contributed by atoms with van der Waals surface area (Å²) in [4.78, 5) is 14.8. The van der Waals surface area contributed by atoms with Crippen LogP contribution in [0.3, 0.4) is 0 Å². The lowest BCUT2D eigenvalue weighted by atomic mass is 10.1. The lowest BCUT2D eigenvalue weighted by molar-refractivity contribution is 0.0696. The maximum absolute atomic E-state index is 10.8. The second kappa shape index (κ2) is 5.75. The maximum Gasteiger partial charge on any atom is 0.365 e. The molecule has 1 aromatic carbocycles. The Hall–Kier alpha value is -1.72. The Kier molecular flexibility index (Phi) is 4.07. The van der Waals surface area contributed by atoms with Crippen LogP contribution >= 0.6 is 11.3 Å². The first-order valence-electron chi connectivity index (χ1n) is 5.48. The van der Waals surface area contributed by atoms with Crippen LogP contribution < -0.4 is 0 Å². The van der Waals surface area contributed by atoms with Crippen LogP contribution in [0.4, 0.5) is 0 Å². The number of benzene rings is 1. The molecule has 2 rings (SSSR count). The van der Waals surface area contributed by atoms with E-state index in [2.05, 4.69) is 4.98 Å². The van der Waals surface area contributed by atoms with E-state index in [1.165, 1.54) is 5.56 Å². The maximum atomic E-state index is 10.8. The number of carboxylic acids is 1. The third-order valence-electron chi connectivity index (χ3n) is 2.53. The highest BCUT2D eigenvalue weighted by atomic mass is 32.1. The Balaban J connectivity index is 2.15. The van der Waals surface area contributed by atoms with E-state index in [9.17, 15) is 4.79 Å². The molecule has 0 aliphatic rings. The molecule has 1 aromatic heterocycles. The number of carboxylic acid groups (broad SMARTS) is 1. The molecule has 0 aliphatic carbocycles. The van der Waals surface area contributed by atoms with Crippen LogP contribution in [0, 0.1) is 0 Å². The number of ether oxygens (including phenoxy) is 1. The second-order valence-corrected chi connectivity index (χ2v) is 4.64. The van der Waals surface area contributed by atoms with E-state index in [-0.39, 0.29) is 5.01 Å². The van der Waals surface area contributed by atoms with Crippen molar-refractivity contribution in [2.75, 3.05) is 13.7 Å². The van der Waals surface area contributed by atoms with E-state index in [0.717, 1.165) is 23.3 Å². The fraction of sp³-hybridized carbons (Fsp3) is 0.231. The van der Waals surface area contributed by atoms with Gasteiger partial charge in [0, 0.05) is 18.1 Å². The van der Waals surface area contributed by atoms with Crippen molar-refractivity contribution in [2.45, 2.75) is 6.42 Å². The molecule has 1 heterocycles. The van der Waals surface area contributed by atoms with Gasteiger partial charge in [-0.25, -0.2) is 9.78 Å². The molecule has 0 atom stereocenters. The van der Waals surface area contributed by atoms with Gasteiger partial charge in [-0.1, -0.05) is 24.3 Å². The van der Waals surface area contributed by atoms with Crippen molar-refractivity contribution in [1.29, 1.82) is 0 Å². The molecule has 0 saturated carbocycles. The average Bonchev–Trinajstić information content (AvgIpc) is 2.87. The molecule has 0 fully saturated rings. The SMILES string of the molecule is COCCc1ccc(-c2csc(C(=O)O)n2)cc1. The van der Waals surface area contributed by atoms with Gasteiger partial charge in [-0.2, -0.15) is 0 Å². The third-order valence-corrected chi connectivity index (χ3v) is 3.36. The van der Waals surface area contributed by atoms with E-state index in [1.807, 2.05) is 24.3 Å². The van der Waals surface area contributed by atoms with Gasteiger partial charge in [-0.3, -0.25) is 0 Å². The zero-order valence-electron chi connectivity index (χ0n) is 9.92. The minimum Gasteiger partial charge on any atom is -0.476 e. The number of thiazole rings is 1. The molecule has 0 amide bonds. The van der Waals surface area contributed by atoms with E-state index < -0.39 is 5.97 Å². The molecule has 0 spiro atoms. The van der Waals surface area contributed by atoms with E-state index >= 15 is 0 Å². The summed E-state index contributed by atoms with van der Waals surface area (Å²) in [6.07, 6.45) is 0.869. The number of hydrogen-bond donors (Lipinski definition) is 1. The number of carbonyl (C=O) groups is 1. The Labute approximate surface area is 109 Å². The molecule has 94 valence electrons. The van der Waals surface area contributed by atoms with Gasteiger partial charge in [0.25, 0.3) is 0 Å². The molecule has 0 bridgehead atoms. The quantitative estimate of drug-likeness (QED) is 0.901. The van der Waals surface area contributed by atoms with Gasteiger partial charge in [-0.15, -0.1) is 11.3 Å². The molecule has 4 nitrogen and oxygen atoms in total. The highest BCUT2D eigenvalue weighted by molar-refractivity contribution is 7.11. The number of nitrogens with zero attached hydrogens (tertiary/aromatic N) is 1.